The molecule has 6 nitrogen and oxygen atoms in total. The first-order valence-corrected chi connectivity index (χ1v) is 11.3. The van der Waals surface area contributed by atoms with Crippen molar-refractivity contribution in [2.45, 2.75) is 39.5 Å². The summed E-state index contributed by atoms with van der Waals surface area (Å²) in [5.74, 6) is 0.554. The lowest BCUT2D eigenvalue weighted by Gasteiger charge is -2.21. The molecule has 1 aromatic heterocycles. The Morgan fingerprint density at radius 3 is 2.56 bits per heavy atom. The third-order valence-electron chi connectivity index (χ3n) is 5.69. The van der Waals surface area contributed by atoms with Crippen molar-refractivity contribution in [2.75, 3.05) is 0 Å². The average Bonchev–Trinajstić information content (AvgIpc) is 3.38. The first kappa shape index (κ1) is 21.8. The molecule has 0 fully saturated rings. The zero-order valence-electron chi connectivity index (χ0n) is 19.4. The zero-order valence-corrected chi connectivity index (χ0v) is 19.4. The molecule has 0 bridgehead atoms. The maximum absolute atomic E-state index is 13.3. The summed E-state index contributed by atoms with van der Waals surface area (Å²) in [6.45, 7) is 6.42. The van der Waals surface area contributed by atoms with Crippen LogP contribution in [0.1, 0.15) is 42.3 Å². The number of aromatic nitrogens is 1. The Labute approximate surface area is 198 Å². The van der Waals surface area contributed by atoms with Gasteiger partial charge in [-0.15, -0.1) is 0 Å². The Morgan fingerprint density at radius 1 is 1.00 bits per heavy atom. The summed E-state index contributed by atoms with van der Waals surface area (Å²) >= 11 is 0. The highest BCUT2D eigenvalue weighted by molar-refractivity contribution is 6.06. The van der Waals surface area contributed by atoms with Crippen LogP contribution in [-0.4, -0.2) is 22.2 Å². The fourth-order valence-electron chi connectivity index (χ4n) is 4.22. The van der Waals surface area contributed by atoms with Gasteiger partial charge in [-0.1, -0.05) is 48.5 Å². The van der Waals surface area contributed by atoms with Gasteiger partial charge in [-0.3, -0.25) is 4.79 Å². The molecule has 1 N–H and O–H groups in total. The van der Waals surface area contributed by atoms with E-state index in [0.717, 1.165) is 16.5 Å². The van der Waals surface area contributed by atoms with Crippen molar-refractivity contribution in [1.82, 2.24) is 9.88 Å². The number of carbonyl (C=O) groups is 2. The Hall–Kier alpha value is -4.06. The highest BCUT2D eigenvalue weighted by Crippen LogP contribution is 2.35. The Bertz CT molecular complexity index is 1400. The summed E-state index contributed by atoms with van der Waals surface area (Å²) in [6, 6.07) is 23.2. The molecule has 2 heterocycles. The summed E-state index contributed by atoms with van der Waals surface area (Å²) in [7, 11) is 0. The van der Waals surface area contributed by atoms with Crippen molar-refractivity contribution in [3.05, 3.63) is 89.5 Å². The molecule has 0 saturated heterocycles. The molecule has 5 rings (SSSR count). The van der Waals surface area contributed by atoms with Gasteiger partial charge < -0.3 is 14.8 Å². The fraction of sp³-hybridized carbons (Fsp3) is 0.214. The molecule has 172 valence electrons. The minimum Gasteiger partial charge on any atom is -0.489 e. The highest BCUT2D eigenvalue weighted by Gasteiger charge is 2.28. The predicted octanol–water partition coefficient (Wildman–Crippen LogP) is 5.91. The van der Waals surface area contributed by atoms with E-state index in [2.05, 4.69) is 5.32 Å². The van der Waals surface area contributed by atoms with E-state index >= 15 is 0 Å². The van der Waals surface area contributed by atoms with E-state index in [1.54, 1.807) is 4.57 Å². The van der Waals surface area contributed by atoms with E-state index in [0.29, 0.717) is 41.2 Å². The van der Waals surface area contributed by atoms with Gasteiger partial charge in [0.15, 0.2) is 0 Å². The zero-order chi connectivity index (χ0) is 23.9. The van der Waals surface area contributed by atoms with Gasteiger partial charge in [0.2, 0.25) is 0 Å². The van der Waals surface area contributed by atoms with Crippen molar-refractivity contribution in [2.24, 2.45) is 0 Å². The van der Waals surface area contributed by atoms with Crippen molar-refractivity contribution in [3.63, 3.8) is 0 Å². The Kier molecular flexibility index (Phi) is 5.36. The highest BCUT2D eigenvalue weighted by atomic mass is 16.6. The number of nitrogens with zero attached hydrogens (tertiary/aromatic N) is 1. The second kappa shape index (κ2) is 8.37. The predicted molar refractivity (Wildman–Crippen MR) is 131 cm³/mol. The van der Waals surface area contributed by atoms with E-state index in [-0.39, 0.29) is 5.91 Å². The second-order valence-corrected chi connectivity index (χ2v) is 9.36. The van der Waals surface area contributed by atoms with Crippen molar-refractivity contribution < 1.29 is 19.1 Å². The van der Waals surface area contributed by atoms with Gasteiger partial charge in [-0.25, -0.2) is 9.36 Å². The van der Waals surface area contributed by atoms with E-state index in [9.17, 15) is 9.59 Å². The first-order valence-electron chi connectivity index (χ1n) is 11.3. The van der Waals surface area contributed by atoms with Gasteiger partial charge in [0, 0.05) is 17.5 Å². The van der Waals surface area contributed by atoms with Crippen LogP contribution in [0.25, 0.3) is 22.2 Å². The topological polar surface area (TPSA) is 69.6 Å². The number of hydrogen-bond donors (Lipinski definition) is 1. The SMILES string of the molecule is CC(C)(C)OC(=O)n1c(-c2cccc3c2C(=O)NC3)cc2cc(OCc3ccccc3)ccc21. The van der Waals surface area contributed by atoms with Gasteiger partial charge in [-0.2, -0.15) is 0 Å². The minimum atomic E-state index is -0.667. The molecular formula is C28H26N2O4. The second-order valence-electron chi connectivity index (χ2n) is 9.36. The summed E-state index contributed by atoms with van der Waals surface area (Å²) in [5, 5.41) is 3.69. The normalized spacial score (nSPS) is 13.0. The molecule has 4 aromatic rings. The third kappa shape index (κ3) is 4.15. The van der Waals surface area contributed by atoms with Crippen molar-refractivity contribution in [3.8, 4) is 17.0 Å². The summed E-state index contributed by atoms with van der Waals surface area (Å²) in [6.07, 6.45) is -0.494. The van der Waals surface area contributed by atoms with Gasteiger partial charge >= 0.3 is 6.09 Å². The number of carbonyl (C=O) groups excluding carboxylic acids is 2. The minimum absolute atomic E-state index is 0.140. The molecule has 1 aliphatic rings. The lowest BCUT2D eigenvalue weighted by atomic mass is 10.0. The average molecular weight is 455 g/mol. The van der Waals surface area contributed by atoms with E-state index in [4.69, 9.17) is 9.47 Å². The number of ether oxygens (including phenoxy) is 2. The summed E-state index contributed by atoms with van der Waals surface area (Å²) in [4.78, 5) is 25.9. The van der Waals surface area contributed by atoms with Crippen LogP contribution in [0.2, 0.25) is 0 Å². The van der Waals surface area contributed by atoms with Crippen LogP contribution in [0.3, 0.4) is 0 Å². The van der Waals surface area contributed by atoms with Gasteiger partial charge in [-0.05, 0) is 56.2 Å². The van der Waals surface area contributed by atoms with Crippen LogP contribution < -0.4 is 10.1 Å². The number of nitrogens with one attached hydrogen (secondary N) is 1. The van der Waals surface area contributed by atoms with Crippen LogP contribution in [0.15, 0.2) is 72.8 Å². The van der Waals surface area contributed by atoms with Gasteiger partial charge in [0.05, 0.1) is 16.8 Å². The summed E-state index contributed by atoms with van der Waals surface area (Å²) < 4.78 is 13.3. The molecule has 1 aliphatic heterocycles. The number of hydrogen-bond acceptors (Lipinski definition) is 4. The fourth-order valence-corrected chi connectivity index (χ4v) is 4.22. The smallest absolute Gasteiger partial charge is 0.419 e. The molecule has 3 aromatic carbocycles. The molecule has 34 heavy (non-hydrogen) atoms. The number of amides is 1. The van der Waals surface area contributed by atoms with Crippen molar-refractivity contribution >= 4 is 22.9 Å². The molecule has 6 heteroatoms. The monoisotopic (exact) mass is 454 g/mol. The van der Waals surface area contributed by atoms with Crippen LogP contribution >= 0.6 is 0 Å². The number of fused-ring (bicyclic) bond motifs is 2. The van der Waals surface area contributed by atoms with Gasteiger partial charge in [0.1, 0.15) is 18.0 Å². The lowest BCUT2D eigenvalue weighted by molar-refractivity contribution is 0.0547. The maximum Gasteiger partial charge on any atom is 0.419 e. The molecule has 0 radical (unpaired) electrons. The Balaban J connectivity index is 1.61. The van der Waals surface area contributed by atoms with E-state index in [1.807, 2.05) is 93.6 Å². The maximum atomic E-state index is 13.3. The first-order chi connectivity index (χ1) is 16.3. The van der Waals surface area contributed by atoms with E-state index in [1.165, 1.54) is 0 Å². The van der Waals surface area contributed by atoms with Crippen LogP contribution in [0.4, 0.5) is 4.79 Å². The standard InChI is InChI=1S/C28H26N2O4/c1-28(2,3)34-27(32)30-23-13-12-21(33-17-18-8-5-4-6-9-18)14-20(23)15-24(30)22-11-7-10-19-16-29-26(31)25(19)22/h4-15H,16-17H2,1-3H3,(H,29,31). The third-order valence-corrected chi connectivity index (χ3v) is 5.69. The van der Waals surface area contributed by atoms with Crippen LogP contribution in [0, 0.1) is 0 Å². The summed E-state index contributed by atoms with van der Waals surface area (Å²) in [5.41, 5.74) is 3.90. The van der Waals surface area contributed by atoms with Crippen molar-refractivity contribution in [1.29, 1.82) is 0 Å². The number of rotatable bonds is 4. The molecule has 1 amide bonds. The van der Waals surface area contributed by atoms with Gasteiger partial charge in [0.25, 0.3) is 5.91 Å². The largest absolute Gasteiger partial charge is 0.489 e. The molecule has 0 unspecified atom stereocenters. The quantitative estimate of drug-likeness (QED) is 0.416. The molecule has 0 aliphatic carbocycles. The number of benzene rings is 3. The molecule has 0 spiro atoms. The van der Waals surface area contributed by atoms with Crippen LogP contribution in [0.5, 0.6) is 5.75 Å². The van der Waals surface area contributed by atoms with E-state index < -0.39 is 11.7 Å². The molecule has 0 saturated carbocycles. The Morgan fingerprint density at radius 2 is 1.79 bits per heavy atom. The molecular weight excluding hydrogens is 428 g/mol. The lowest BCUT2D eigenvalue weighted by Crippen LogP contribution is -2.27. The van der Waals surface area contributed by atoms with Crippen LogP contribution in [-0.2, 0) is 17.9 Å². The molecule has 0 atom stereocenters.